The van der Waals surface area contributed by atoms with Gasteiger partial charge in [-0.2, -0.15) is 0 Å². The van der Waals surface area contributed by atoms with Gasteiger partial charge < -0.3 is 33.5 Å². The van der Waals surface area contributed by atoms with Gasteiger partial charge in [0.2, 0.25) is 0 Å². The quantitative estimate of drug-likeness (QED) is 0.159. The average molecular weight is 601 g/mol. The van der Waals surface area contributed by atoms with Gasteiger partial charge >= 0.3 is 11.9 Å². The lowest BCUT2D eigenvalue weighted by molar-refractivity contribution is -0.142. The minimum Gasteiger partial charge on any atom is -0.495 e. The van der Waals surface area contributed by atoms with Crippen molar-refractivity contribution in [1.29, 1.82) is 0 Å². The Balaban J connectivity index is 1.77. The summed E-state index contributed by atoms with van der Waals surface area (Å²) >= 11 is 0. The number of rotatable bonds is 20. The lowest BCUT2D eigenvalue weighted by atomic mass is 9.74. The third-order valence-electron chi connectivity index (χ3n) is 6.98. The highest BCUT2D eigenvalue weighted by molar-refractivity contribution is 5.81. The zero-order valence-corrected chi connectivity index (χ0v) is 26.2. The molecule has 4 atom stereocenters. The molecule has 0 fully saturated rings. The summed E-state index contributed by atoms with van der Waals surface area (Å²) in [6.07, 6.45) is 6.84. The van der Waals surface area contributed by atoms with Crippen LogP contribution in [0.3, 0.4) is 0 Å². The number of ether oxygens (including phenoxy) is 6. The molecule has 0 spiro atoms. The van der Waals surface area contributed by atoms with E-state index in [-0.39, 0.29) is 36.8 Å². The zero-order valence-electron chi connectivity index (χ0n) is 26.2. The Morgan fingerprint density at radius 2 is 1.40 bits per heavy atom. The van der Waals surface area contributed by atoms with Gasteiger partial charge in [-0.3, -0.25) is 0 Å². The van der Waals surface area contributed by atoms with Gasteiger partial charge in [0.05, 0.1) is 37.8 Å². The molecule has 43 heavy (non-hydrogen) atoms. The number of carbonyl (C=O) groups is 2. The first kappa shape index (κ1) is 35.8. The summed E-state index contributed by atoms with van der Waals surface area (Å²) in [6, 6.07) is 8.06. The van der Waals surface area contributed by atoms with Crippen LogP contribution in [0.5, 0.6) is 5.75 Å². The molecule has 9 heteroatoms. The minimum atomic E-state index is -0.917. The lowest BCUT2D eigenvalue weighted by Crippen LogP contribution is -2.28. The van der Waals surface area contributed by atoms with Crippen molar-refractivity contribution in [3.63, 3.8) is 0 Å². The normalized spacial score (nSPS) is 16.0. The van der Waals surface area contributed by atoms with Gasteiger partial charge in [-0.15, -0.1) is 0 Å². The number of carbonyl (C=O) groups excluding carboxylic acids is 2. The standard InChI is InChI=1S/C34H48O9/c1-8-32(36)42-19-24(3)18-38-25(4)20-40-30-14-10-27(11-15-30)34(6,7)28-12-16-31(17-13-28)41-21-26(5)39-22-29(35)23-43-33(37)9-2/h8-10,12-14,16-17,24-26,29,35H,1-2,11,15,18-23H2,3-7H3. The summed E-state index contributed by atoms with van der Waals surface area (Å²) < 4.78 is 33.2. The topological polar surface area (TPSA) is 110 Å². The van der Waals surface area contributed by atoms with Crippen LogP contribution in [0.4, 0.5) is 0 Å². The van der Waals surface area contributed by atoms with Crippen LogP contribution < -0.4 is 4.74 Å². The van der Waals surface area contributed by atoms with Crippen LogP contribution in [0.1, 0.15) is 53.0 Å². The van der Waals surface area contributed by atoms with E-state index >= 15 is 0 Å². The summed E-state index contributed by atoms with van der Waals surface area (Å²) in [5.41, 5.74) is 2.34. The molecule has 238 valence electrons. The first-order valence-electron chi connectivity index (χ1n) is 14.7. The first-order chi connectivity index (χ1) is 20.4. The summed E-state index contributed by atoms with van der Waals surface area (Å²) in [4.78, 5) is 22.3. The molecule has 4 unspecified atom stereocenters. The maximum atomic E-state index is 11.2. The van der Waals surface area contributed by atoms with Crippen molar-refractivity contribution in [3.8, 4) is 5.75 Å². The van der Waals surface area contributed by atoms with Gasteiger partial charge in [0.1, 0.15) is 31.7 Å². The SMILES string of the molecule is C=CC(=O)OCC(C)COC(C)COC1=CC=C(C(C)(C)c2ccc(OCC(C)OCC(O)COC(=O)C=C)cc2)CC1. The number of benzene rings is 1. The smallest absolute Gasteiger partial charge is 0.330 e. The molecule has 1 N–H and O–H groups in total. The Labute approximate surface area is 256 Å². The Morgan fingerprint density at radius 3 is 1.98 bits per heavy atom. The molecule has 1 aromatic carbocycles. The van der Waals surface area contributed by atoms with Crippen LogP contribution >= 0.6 is 0 Å². The second-order valence-electron chi connectivity index (χ2n) is 11.3. The Morgan fingerprint density at radius 1 is 0.814 bits per heavy atom. The van der Waals surface area contributed by atoms with Crippen molar-refractivity contribution < 1.29 is 43.1 Å². The molecule has 2 rings (SSSR count). The van der Waals surface area contributed by atoms with Crippen LogP contribution in [0.15, 0.2) is 73.1 Å². The summed E-state index contributed by atoms with van der Waals surface area (Å²) in [5.74, 6) is 0.738. The van der Waals surface area contributed by atoms with E-state index in [1.165, 1.54) is 11.1 Å². The molecule has 0 amide bonds. The number of allylic oxidation sites excluding steroid dienone is 4. The number of esters is 2. The Bertz CT molecular complexity index is 1100. The minimum absolute atomic E-state index is 0.0288. The summed E-state index contributed by atoms with van der Waals surface area (Å²) in [5, 5.41) is 9.86. The van der Waals surface area contributed by atoms with E-state index in [1.807, 2.05) is 39.0 Å². The molecule has 0 saturated heterocycles. The van der Waals surface area contributed by atoms with Gasteiger partial charge in [-0.05, 0) is 44.0 Å². The molecule has 0 heterocycles. The molecular formula is C34H48O9. The largest absolute Gasteiger partial charge is 0.495 e. The highest BCUT2D eigenvalue weighted by atomic mass is 16.6. The van der Waals surface area contributed by atoms with Crippen molar-refractivity contribution in [2.24, 2.45) is 5.92 Å². The van der Waals surface area contributed by atoms with E-state index in [0.717, 1.165) is 36.5 Å². The van der Waals surface area contributed by atoms with E-state index < -0.39 is 18.0 Å². The van der Waals surface area contributed by atoms with Gasteiger partial charge in [0.25, 0.3) is 0 Å². The molecule has 1 aliphatic carbocycles. The molecule has 0 aromatic heterocycles. The van der Waals surface area contributed by atoms with Crippen LogP contribution in [0.25, 0.3) is 0 Å². The fraction of sp³-hybridized carbons (Fsp3) is 0.529. The first-order valence-corrected chi connectivity index (χ1v) is 14.7. The van der Waals surface area contributed by atoms with Crippen molar-refractivity contribution in [3.05, 3.63) is 78.6 Å². The monoisotopic (exact) mass is 600 g/mol. The highest BCUT2D eigenvalue weighted by Crippen LogP contribution is 2.37. The van der Waals surface area contributed by atoms with Gasteiger partial charge in [0, 0.05) is 29.9 Å². The second kappa shape index (κ2) is 18.3. The molecule has 1 aliphatic rings. The Kier molecular flexibility index (Phi) is 15.2. The predicted octanol–water partition coefficient (Wildman–Crippen LogP) is 5.23. The highest BCUT2D eigenvalue weighted by Gasteiger charge is 2.27. The molecule has 0 aliphatic heterocycles. The van der Waals surface area contributed by atoms with E-state index in [2.05, 4.69) is 45.2 Å². The van der Waals surface area contributed by atoms with Crippen LogP contribution in [0, 0.1) is 5.92 Å². The number of aliphatic hydroxyl groups excluding tert-OH is 1. The average Bonchev–Trinajstić information content (AvgIpc) is 3.02. The summed E-state index contributed by atoms with van der Waals surface area (Å²) in [6.45, 7) is 18.3. The van der Waals surface area contributed by atoms with E-state index in [0.29, 0.717) is 26.4 Å². The number of aliphatic hydroxyl groups is 1. The van der Waals surface area contributed by atoms with E-state index in [9.17, 15) is 14.7 Å². The van der Waals surface area contributed by atoms with E-state index in [4.69, 9.17) is 28.4 Å². The van der Waals surface area contributed by atoms with Crippen molar-refractivity contribution in [2.75, 3.05) is 39.6 Å². The zero-order chi connectivity index (χ0) is 31.8. The van der Waals surface area contributed by atoms with E-state index in [1.54, 1.807) is 0 Å². The van der Waals surface area contributed by atoms with Crippen molar-refractivity contribution >= 4 is 11.9 Å². The molecular weight excluding hydrogens is 552 g/mol. The number of hydrogen-bond acceptors (Lipinski definition) is 9. The van der Waals surface area contributed by atoms with Crippen LogP contribution in [-0.2, 0) is 38.7 Å². The summed E-state index contributed by atoms with van der Waals surface area (Å²) in [7, 11) is 0. The second-order valence-corrected chi connectivity index (χ2v) is 11.3. The fourth-order valence-electron chi connectivity index (χ4n) is 4.17. The van der Waals surface area contributed by atoms with Crippen molar-refractivity contribution in [2.45, 2.75) is 71.2 Å². The van der Waals surface area contributed by atoms with Gasteiger partial charge in [0.15, 0.2) is 0 Å². The maximum Gasteiger partial charge on any atom is 0.330 e. The third kappa shape index (κ3) is 13.2. The third-order valence-corrected chi connectivity index (χ3v) is 6.98. The van der Waals surface area contributed by atoms with Crippen LogP contribution in [-0.4, -0.2) is 75.0 Å². The molecule has 1 aromatic rings. The van der Waals surface area contributed by atoms with Crippen molar-refractivity contribution in [1.82, 2.24) is 0 Å². The van der Waals surface area contributed by atoms with Crippen LogP contribution in [0.2, 0.25) is 0 Å². The van der Waals surface area contributed by atoms with Gasteiger partial charge in [-0.1, -0.05) is 57.7 Å². The molecule has 0 saturated carbocycles. The van der Waals surface area contributed by atoms with Gasteiger partial charge in [-0.25, -0.2) is 9.59 Å². The number of hydrogen-bond donors (Lipinski definition) is 1. The molecule has 0 bridgehead atoms. The lowest BCUT2D eigenvalue weighted by Gasteiger charge is -2.31. The molecule has 0 radical (unpaired) electrons. The fourth-order valence-corrected chi connectivity index (χ4v) is 4.17. The Hall–Kier alpha value is -3.40. The predicted molar refractivity (Wildman–Crippen MR) is 165 cm³/mol. The molecule has 9 nitrogen and oxygen atoms in total. The maximum absolute atomic E-state index is 11.2.